The third kappa shape index (κ3) is 3.91. The molecule has 2 aromatic rings. The van der Waals surface area contributed by atoms with E-state index in [2.05, 4.69) is 22.2 Å². The fourth-order valence-electron chi connectivity index (χ4n) is 3.17. The van der Waals surface area contributed by atoms with E-state index in [1.807, 2.05) is 35.4 Å². The summed E-state index contributed by atoms with van der Waals surface area (Å²) in [6, 6.07) is 8.03. The Labute approximate surface area is 143 Å². The van der Waals surface area contributed by atoms with E-state index in [9.17, 15) is 4.79 Å². The third-order valence-electron chi connectivity index (χ3n) is 4.56. The van der Waals surface area contributed by atoms with Gasteiger partial charge in [0.1, 0.15) is 5.69 Å². The van der Waals surface area contributed by atoms with E-state index in [4.69, 9.17) is 0 Å². The van der Waals surface area contributed by atoms with E-state index in [0.29, 0.717) is 18.3 Å². The molecular weight excluding hydrogens is 300 g/mol. The molecule has 5 heteroatoms. The van der Waals surface area contributed by atoms with E-state index < -0.39 is 0 Å². The van der Waals surface area contributed by atoms with Crippen LogP contribution in [-0.2, 0) is 6.54 Å². The van der Waals surface area contributed by atoms with E-state index in [-0.39, 0.29) is 5.91 Å². The summed E-state index contributed by atoms with van der Waals surface area (Å²) in [6.45, 7) is 3.68. The molecule has 1 fully saturated rings. The number of rotatable bonds is 5. The van der Waals surface area contributed by atoms with Gasteiger partial charge >= 0.3 is 0 Å². The van der Waals surface area contributed by atoms with Crippen LogP contribution in [0.15, 0.2) is 42.9 Å². The minimum absolute atomic E-state index is 0.0559. The van der Waals surface area contributed by atoms with Gasteiger partial charge in [-0.25, -0.2) is 4.98 Å². The van der Waals surface area contributed by atoms with Crippen LogP contribution in [-0.4, -0.2) is 33.4 Å². The van der Waals surface area contributed by atoms with Crippen LogP contribution < -0.4 is 5.32 Å². The zero-order chi connectivity index (χ0) is 16.8. The Morgan fingerprint density at radius 1 is 1.29 bits per heavy atom. The summed E-state index contributed by atoms with van der Waals surface area (Å²) in [7, 11) is 0. The maximum Gasteiger partial charge on any atom is 0.272 e. The van der Waals surface area contributed by atoms with Gasteiger partial charge in [-0.3, -0.25) is 9.78 Å². The Kier molecular flexibility index (Phi) is 5.41. The van der Waals surface area contributed by atoms with Gasteiger partial charge in [-0.2, -0.15) is 0 Å². The van der Waals surface area contributed by atoms with Crippen molar-refractivity contribution in [3.05, 3.63) is 54.1 Å². The minimum atomic E-state index is 0.0559. The van der Waals surface area contributed by atoms with Gasteiger partial charge in [0.2, 0.25) is 0 Å². The lowest BCUT2D eigenvalue weighted by molar-refractivity contribution is 0.0602. The zero-order valence-electron chi connectivity index (χ0n) is 14.1. The number of aromatic nitrogens is 2. The van der Waals surface area contributed by atoms with E-state index >= 15 is 0 Å². The highest BCUT2D eigenvalue weighted by Crippen LogP contribution is 2.21. The molecule has 24 heavy (non-hydrogen) atoms. The first-order valence-electron chi connectivity index (χ1n) is 8.67. The molecule has 0 radical (unpaired) electrons. The van der Waals surface area contributed by atoms with Gasteiger partial charge in [0.05, 0.1) is 11.9 Å². The summed E-state index contributed by atoms with van der Waals surface area (Å²) in [4.78, 5) is 23.1. The van der Waals surface area contributed by atoms with Crippen molar-refractivity contribution in [3.63, 3.8) is 0 Å². The summed E-state index contributed by atoms with van der Waals surface area (Å²) < 4.78 is 0. The van der Waals surface area contributed by atoms with Gasteiger partial charge in [0.15, 0.2) is 0 Å². The molecule has 1 atom stereocenters. The maximum atomic E-state index is 12.7. The van der Waals surface area contributed by atoms with Gasteiger partial charge in [0.25, 0.3) is 5.91 Å². The first-order valence-corrected chi connectivity index (χ1v) is 8.67. The average Bonchev–Trinajstić information content (AvgIpc) is 2.67. The Hall–Kier alpha value is -2.43. The Morgan fingerprint density at radius 2 is 2.21 bits per heavy atom. The predicted molar refractivity (Wildman–Crippen MR) is 94.8 cm³/mol. The largest absolute Gasteiger partial charge is 0.380 e. The van der Waals surface area contributed by atoms with E-state index in [1.54, 1.807) is 12.4 Å². The van der Waals surface area contributed by atoms with Gasteiger partial charge in [-0.15, -0.1) is 0 Å². The van der Waals surface area contributed by atoms with Gasteiger partial charge < -0.3 is 10.2 Å². The van der Waals surface area contributed by atoms with Crippen LogP contribution in [0.1, 0.15) is 48.7 Å². The lowest BCUT2D eigenvalue weighted by Crippen LogP contribution is -2.43. The number of carbonyl (C=O) groups excluding carboxylic acids is 1. The van der Waals surface area contributed by atoms with Crippen molar-refractivity contribution in [1.29, 1.82) is 0 Å². The first-order chi connectivity index (χ1) is 11.8. The molecule has 1 unspecified atom stereocenters. The SMILES string of the molecule is CCC1CCCCN1C(=O)c1ccc(NCc2cccnc2)cn1. The topological polar surface area (TPSA) is 58.1 Å². The molecule has 0 aromatic carbocycles. The number of nitrogens with one attached hydrogen (secondary N) is 1. The Morgan fingerprint density at radius 3 is 2.92 bits per heavy atom. The molecule has 1 aliphatic heterocycles. The quantitative estimate of drug-likeness (QED) is 0.914. The maximum absolute atomic E-state index is 12.7. The number of pyridine rings is 2. The van der Waals surface area contributed by atoms with Crippen LogP contribution in [0.5, 0.6) is 0 Å². The van der Waals surface area contributed by atoms with Crippen molar-refractivity contribution in [1.82, 2.24) is 14.9 Å². The zero-order valence-corrected chi connectivity index (χ0v) is 14.1. The first kappa shape index (κ1) is 16.4. The molecule has 5 nitrogen and oxygen atoms in total. The van der Waals surface area contributed by atoms with Crippen molar-refractivity contribution < 1.29 is 4.79 Å². The number of likely N-dealkylation sites (tertiary alicyclic amines) is 1. The van der Waals surface area contributed by atoms with Crippen molar-refractivity contribution >= 4 is 11.6 Å². The number of amides is 1. The van der Waals surface area contributed by atoms with Gasteiger partial charge in [0, 0.05) is 31.5 Å². The summed E-state index contributed by atoms with van der Waals surface area (Å²) in [6.07, 6.45) is 9.74. The van der Waals surface area contributed by atoms with Crippen LogP contribution in [0.4, 0.5) is 5.69 Å². The molecule has 0 spiro atoms. The molecule has 2 aromatic heterocycles. The second kappa shape index (κ2) is 7.90. The molecule has 1 amide bonds. The van der Waals surface area contributed by atoms with Gasteiger partial charge in [-0.1, -0.05) is 13.0 Å². The smallest absolute Gasteiger partial charge is 0.272 e. The van der Waals surface area contributed by atoms with Crippen LogP contribution in [0.2, 0.25) is 0 Å². The number of hydrogen-bond donors (Lipinski definition) is 1. The Bertz CT molecular complexity index is 657. The highest BCUT2D eigenvalue weighted by Gasteiger charge is 2.26. The number of piperidine rings is 1. The Balaban J connectivity index is 1.62. The fourth-order valence-corrected chi connectivity index (χ4v) is 3.17. The molecule has 3 rings (SSSR count). The summed E-state index contributed by atoms with van der Waals surface area (Å²) in [5.41, 5.74) is 2.54. The number of anilines is 1. The molecular formula is C19H24N4O. The number of carbonyl (C=O) groups is 1. The third-order valence-corrected chi connectivity index (χ3v) is 4.56. The second-order valence-electron chi connectivity index (χ2n) is 6.20. The summed E-state index contributed by atoms with van der Waals surface area (Å²) in [5.74, 6) is 0.0559. The van der Waals surface area contributed by atoms with Crippen molar-refractivity contribution in [2.45, 2.75) is 45.2 Å². The molecule has 0 saturated carbocycles. The van der Waals surface area contributed by atoms with Crippen molar-refractivity contribution in [2.24, 2.45) is 0 Å². The van der Waals surface area contributed by atoms with E-state index in [1.165, 1.54) is 6.42 Å². The van der Waals surface area contributed by atoms with E-state index in [0.717, 1.165) is 37.1 Å². The van der Waals surface area contributed by atoms with Crippen LogP contribution >= 0.6 is 0 Å². The fraction of sp³-hybridized carbons (Fsp3) is 0.421. The average molecular weight is 324 g/mol. The van der Waals surface area contributed by atoms with Crippen molar-refractivity contribution in [2.75, 3.05) is 11.9 Å². The lowest BCUT2D eigenvalue weighted by Gasteiger charge is -2.35. The molecule has 0 bridgehead atoms. The highest BCUT2D eigenvalue weighted by molar-refractivity contribution is 5.92. The lowest BCUT2D eigenvalue weighted by atomic mass is 9.99. The molecule has 1 aliphatic rings. The van der Waals surface area contributed by atoms with Crippen LogP contribution in [0.25, 0.3) is 0 Å². The number of hydrogen-bond acceptors (Lipinski definition) is 4. The molecule has 3 heterocycles. The van der Waals surface area contributed by atoms with Crippen molar-refractivity contribution in [3.8, 4) is 0 Å². The minimum Gasteiger partial charge on any atom is -0.380 e. The molecule has 1 saturated heterocycles. The van der Waals surface area contributed by atoms with Crippen LogP contribution in [0, 0.1) is 0 Å². The number of nitrogens with zero attached hydrogens (tertiary/aromatic N) is 3. The monoisotopic (exact) mass is 324 g/mol. The highest BCUT2D eigenvalue weighted by atomic mass is 16.2. The second-order valence-corrected chi connectivity index (χ2v) is 6.20. The van der Waals surface area contributed by atoms with Gasteiger partial charge in [-0.05, 0) is 49.4 Å². The normalized spacial score (nSPS) is 17.5. The summed E-state index contributed by atoms with van der Waals surface area (Å²) >= 11 is 0. The van der Waals surface area contributed by atoms with Crippen LogP contribution in [0.3, 0.4) is 0 Å². The molecule has 0 aliphatic carbocycles. The molecule has 126 valence electrons. The standard InChI is InChI=1S/C19H24N4O/c1-2-17-7-3-4-11-23(17)19(24)18-9-8-16(14-22-18)21-13-15-6-5-10-20-12-15/h5-6,8-10,12,14,17,21H,2-4,7,11,13H2,1H3. The predicted octanol–water partition coefficient (Wildman–Crippen LogP) is 3.49. The molecule has 1 N–H and O–H groups in total. The summed E-state index contributed by atoms with van der Waals surface area (Å²) in [5, 5.41) is 3.30.